The number of rotatable bonds is 6. The Morgan fingerprint density at radius 3 is 2.79 bits per heavy atom. The Balaban J connectivity index is 2.49. The first kappa shape index (κ1) is 15.3. The summed E-state index contributed by atoms with van der Waals surface area (Å²) in [5, 5.41) is 2.70. The minimum absolute atomic E-state index is 0.0638. The van der Waals surface area contributed by atoms with Gasteiger partial charge in [-0.3, -0.25) is 4.79 Å². The normalized spacial score (nSPS) is 10.0. The molecule has 1 aromatic rings. The number of hydrogen-bond donors (Lipinski definition) is 2. The molecule has 1 amide bonds. The number of nitrogens with two attached hydrogens (primary N) is 1. The first-order valence-electron chi connectivity index (χ1n) is 5.53. The van der Waals surface area contributed by atoms with Crippen LogP contribution in [0.4, 0.5) is 5.69 Å². The Hall–Kier alpha value is -1.79. The SMILES string of the molecule is COCCNC(=O)COC(=O)c1c(N)cccc1Cl. The van der Waals surface area contributed by atoms with Crippen molar-refractivity contribution < 1.29 is 19.1 Å². The number of methoxy groups -OCH3 is 1. The van der Waals surface area contributed by atoms with Gasteiger partial charge in [0.15, 0.2) is 6.61 Å². The van der Waals surface area contributed by atoms with Crippen LogP contribution in [0.25, 0.3) is 0 Å². The van der Waals surface area contributed by atoms with Crippen LogP contribution in [0.5, 0.6) is 0 Å². The summed E-state index contributed by atoms with van der Waals surface area (Å²) in [6.45, 7) is 0.339. The summed E-state index contributed by atoms with van der Waals surface area (Å²) < 4.78 is 9.59. The fourth-order valence-electron chi connectivity index (χ4n) is 1.30. The zero-order chi connectivity index (χ0) is 14.3. The van der Waals surface area contributed by atoms with Crippen LogP contribution in [-0.4, -0.2) is 38.7 Å². The first-order valence-corrected chi connectivity index (χ1v) is 5.90. The number of halogens is 1. The summed E-state index contributed by atoms with van der Waals surface area (Å²) in [6, 6.07) is 4.67. The molecule has 0 bridgehead atoms. The summed E-state index contributed by atoms with van der Waals surface area (Å²) in [4.78, 5) is 23.0. The van der Waals surface area contributed by atoms with Crippen molar-refractivity contribution in [1.82, 2.24) is 5.32 Å². The Labute approximate surface area is 115 Å². The molecule has 0 aliphatic carbocycles. The van der Waals surface area contributed by atoms with Gasteiger partial charge < -0.3 is 20.5 Å². The number of benzene rings is 1. The van der Waals surface area contributed by atoms with Gasteiger partial charge in [-0.1, -0.05) is 17.7 Å². The summed E-state index contributed by atoms with van der Waals surface area (Å²) in [6.07, 6.45) is 0. The number of nitrogens with one attached hydrogen (secondary N) is 1. The van der Waals surface area contributed by atoms with Gasteiger partial charge in [0, 0.05) is 19.3 Å². The lowest BCUT2D eigenvalue weighted by molar-refractivity contribution is -0.124. The average Bonchev–Trinajstić information content (AvgIpc) is 2.36. The molecule has 0 unspecified atom stereocenters. The quantitative estimate of drug-likeness (QED) is 0.459. The smallest absolute Gasteiger partial charge is 0.342 e. The molecule has 7 heteroatoms. The summed E-state index contributed by atoms with van der Waals surface area (Å²) in [5.41, 5.74) is 5.89. The molecule has 104 valence electrons. The van der Waals surface area contributed by atoms with E-state index < -0.39 is 18.5 Å². The minimum atomic E-state index is -0.731. The van der Waals surface area contributed by atoms with E-state index in [1.807, 2.05) is 0 Å². The Bertz CT molecular complexity index is 445. The van der Waals surface area contributed by atoms with Crippen molar-refractivity contribution in [3.8, 4) is 0 Å². The number of ether oxygens (including phenoxy) is 2. The lowest BCUT2D eigenvalue weighted by Crippen LogP contribution is -2.31. The van der Waals surface area contributed by atoms with Crippen molar-refractivity contribution in [3.05, 3.63) is 28.8 Å². The highest BCUT2D eigenvalue weighted by atomic mass is 35.5. The lowest BCUT2D eigenvalue weighted by atomic mass is 10.2. The van der Waals surface area contributed by atoms with E-state index in [9.17, 15) is 9.59 Å². The third-order valence-corrected chi connectivity index (χ3v) is 2.53. The fourth-order valence-corrected chi connectivity index (χ4v) is 1.56. The monoisotopic (exact) mass is 286 g/mol. The predicted molar refractivity (Wildman–Crippen MR) is 71.0 cm³/mol. The maximum atomic E-state index is 11.7. The molecule has 0 aliphatic rings. The topological polar surface area (TPSA) is 90.6 Å². The van der Waals surface area contributed by atoms with E-state index in [1.165, 1.54) is 19.2 Å². The number of nitrogen functional groups attached to an aromatic ring is 1. The van der Waals surface area contributed by atoms with Crippen LogP contribution in [0.2, 0.25) is 5.02 Å². The second-order valence-corrected chi connectivity index (χ2v) is 4.03. The molecule has 0 spiro atoms. The third kappa shape index (κ3) is 4.76. The summed E-state index contributed by atoms with van der Waals surface area (Å²) >= 11 is 5.84. The molecule has 0 aliphatic heterocycles. The highest BCUT2D eigenvalue weighted by molar-refractivity contribution is 6.34. The van der Waals surface area contributed by atoms with Crippen LogP contribution in [-0.2, 0) is 14.3 Å². The maximum Gasteiger partial charge on any atom is 0.342 e. The average molecular weight is 287 g/mol. The summed E-state index contributed by atoms with van der Waals surface area (Å²) in [7, 11) is 1.52. The molecule has 6 nitrogen and oxygen atoms in total. The van der Waals surface area contributed by atoms with Crippen molar-refractivity contribution in [2.45, 2.75) is 0 Å². The van der Waals surface area contributed by atoms with Gasteiger partial charge in [-0.2, -0.15) is 0 Å². The fraction of sp³-hybridized carbons (Fsp3) is 0.333. The lowest BCUT2D eigenvalue weighted by Gasteiger charge is -2.08. The highest BCUT2D eigenvalue weighted by Gasteiger charge is 2.16. The Kier molecular flexibility index (Phi) is 6.11. The number of esters is 1. The van der Waals surface area contributed by atoms with Gasteiger partial charge in [-0.15, -0.1) is 0 Å². The van der Waals surface area contributed by atoms with E-state index in [1.54, 1.807) is 6.07 Å². The summed E-state index contributed by atoms with van der Waals surface area (Å²) in [5.74, 6) is -1.15. The molecule has 0 aromatic heterocycles. The van der Waals surface area contributed by atoms with Gasteiger partial charge >= 0.3 is 5.97 Å². The molecule has 0 atom stereocenters. The molecule has 3 N–H and O–H groups in total. The molecule has 0 heterocycles. The van der Waals surface area contributed by atoms with Crippen LogP contribution in [0.3, 0.4) is 0 Å². The molecule has 0 saturated carbocycles. The van der Waals surface area contributed by atoms with Gasteiger partial charge in [0.1, 0.15) is 5.56 Å². The molecule has 0 fully saturated rings. The second-order valence-electron chi connectivity index (χ2n) is 3.62. The molecule has 19 heavy (non-hydrogen) atoms. The van der Waals surface area contributed by atoms with Crippen molar-refractivity contribution in [3.63, 3.8) is 0 Å². The van der Waals surface area contributed by atoms with Crippen molar-refractivity contribution >= 4 is 29.2 Å². The molecular weight excluding hydrogens is 272 g/mol. The van der Waals surface area contributed by atoms with Gasteiger partial charge in [0.05, 0.1) is 11.6 Å². The van der Waals surface area contributed by atoms with E-state index in [0.717, 1.165) is 0 Å². The van der Waals surface area contributed by atoms with Crippen LogP contribution in [0.15, 0.2) is 18.2 Å². The second kappa shape index (κ2) is 7.60. The molecule has 0 saturated heterocycles. The predicted octanol–water partition coefficient (Wildman–Crippen LogP) is 0.842. The van der Waals surface area contributed by atoms with Crippen LogP contribution < -0.4 is 11.1 Å². The van der Waals surface area contributed by atoms with Gasteiger partial charge in [-0.05, 0) is 12.1 Å². The Morgan fingerprint density at radius 2 is 2.16 bits per heavy atom. The zero-order valence-electron chi connectivity index (χ0n) is 10.4. The van der Waals surface area contributed by atoms with Crippen molar-refractivity contribution in [1.29, 1.82) is 0 Å². The molecule has 0 radical (unpaired) electrons. The van der Waals surface area contributed by atoms with E-state index in [2.05, 4.69) is 5.32 Å². The van der Waals surface area contributed by atoms with Gasteiger partial charge in [-0.25, -0.2) is 4.79 Å². The number of carbonyl (C=O) groups is 2. The van der Waals surface area contributed by atoms with Crippen molar-refractivity contribution in [2.24, 2.45) is 0 Å². The molecule has 1 rings (SSSR count). The zero-order valence-corrected chi connectivity index (χ0v) is 11.2. The number of hydrogen-bond acceptors (Lipinski definition) is 5. The van der Waals surface area contributed by atoms with Gasteiger partial charge in [0.25, 0.3) is 5.91 Å². The largest absolute Gasteiger partial charge is 0.452 e. The number of amides is 1. The Morgan fingerprint density at radius 1 is 1.42 bits per heavy atom. The number of anilines is 1. The van der Waals surface area contributed by atoms with E-state index in [0.29, 0.717) is 13.2 Å². The van der Waals surface area contributed by atoms with Gasteiger partial charge in [0.2, 0.25) is 0 Å². The van der Waals surface area contributed by atoms with Crippen LogP contribution in [0.1, 0.15) is 10.4 Å². The first-order chi connectivity index (χ1) is 9.06. The molecular formula is C12H15ClN2O4. The highest BCUT2D eigenvalue weighted by Crippen LogP contribution is 2.22. The van der Waals surface area contributed by atoms with Crippen LogP contribution >= 0.6 is 11.6 Å². The maximum absolute atomic E-state index is 11.7. The standard InChI is InChI=1S/C12H15ClN2O4/c1-18-6-5-15-10(16)7-19-12(17)11-8(13)3-2-4-9(11)14/h2-4H,5-7,14H2,1H3,(H,15,16). The number of carbonyl (C=O) groups excluding carboxylic acids is 2. The van der Waals surface area contributed by atoms with E-state index >= 15 is 0 Å². The minimum Gasteiger partial charge on any atom is -0.452 e. The van der Waals surface area contributed by atoms with E-state index in [4.69, 9.17) is 26.8 Å². The van der Waals surface area contributed by atoms with E-state index in [-0.39, 0.29) is 16.3 Å². The molecule has 1 aromatic carbocycles. The van der Waals surface area contributed by atoms with Crippen LogP contribution in [0, 0.1) is 0 Å². The van der Waals surface area contributed by atoms with Crippen molar-refractivity contribution in [2.75, 3.05) is 32.6 Å². The third-order valence-electron chi connectivity index (χ3n) is 2.21.